The minimum absolute atomic E-state index is 0.0540. The van der Waals surface area contributed by atoms with E-state index < -0.39 is 0 Å². The summed E-state index contributed by atoms with van der Waals surface area (Å²) in [6.45, 7) is 0.891. The SMILES string of the molecule is O=C(Nc1cc(Cl)ncn1)C1CCCCCN1. The number of hydrogen-bond donors (Lipinski definition) is 2. The van der Waals surface area contributed by atoms with E-state index in [1.54, 1.807) is 0 Å². The Morgan fingerprint density at radius 1 is 1.41 bits per heavy atom. The Balaban J connectivity index is 1.95. The molecule has 0 spiro atoms. The number of carbonyl (C=O) groups excluding carboxylic acids is 1. The third-order valence-corrected chi connectivity index (χ3v) is 2.97. The average Bonchev–Trinajstić information content (AvgIpc) is 2.57. The fraction of sp³-hybridized carbons (Fsp3) is 0.545. The normalized spacial score (nSPS) is 20.6. The van der Waals surface area contributed by atoms with E-state index in [0.29, 0.717) is 11.0 Å². The number of aromatic nitrogens is 2. The van der Waals surface area contributed by atoms with Crippen LogP contribution in [0.15, 0.2) is 12.4 Å². The summed E-state index contributed by atoms with van der Waals surface area (Å²) in [4.78, 5) is 19.7. The second-order valence-corrected chi connectivity index (χ2v) is 4.46. The molecule has 1 aliphatic heterocycles. The molecule has 17 heavy (non-hydrogen) atoms. The van der Waals surface area contributed by atoms with Crippen molar-refractivity contribution < 1.29 is 4.79 Å². The minimum Gasteiger partial charge on any atom is -0.309 e. The van der Waals surface area contributed by atoms with Crippen molar-refractivity contribution in [3.8, 4) is 0 Å². The molecular formula is C11H15ClN4O. The molecule has 0 aliphatic carbocycles. The fourth-order valence-corrected chi connectivity index (χ4v) is 2.01. The van der Waals surface area contributed by atoms with Crippen LogP contribution in [-0.4, -0.2) is 28.5 Å². The van der Waals surface area contributed by atoms with Crippen molar-refractivity contribution in [2.24, 2.45) is 0 Å². The second kappa shape index (κ2) is 5.93. The Morgan fingerprint density at radius 2 is 2.29 bits per heavy atom. The number of nitrogens with one attached hydrogen (secondary N) is 2. The van der Waals surface area contributed by atoms with Gasteiger partial charge < -0.3 is 10.6 Å². The lowest BCUT2D eigenvalue weighted by molar-refractivity contribution is -0.118. The zero-order valence-corrected chi connectivity index (χ0v) is 10.2. The average molecular weight is 255 g/mol. The molecule has 1 atom stereocenters. The van der Waals surface area contributed by atoms with Crippen LogP contribution in [0.5, 0.6) is 0 Å². The molecular weight excluding hydrogens is 240 g/mol. The molecule has 1 aromatic heterocycles. The summed E-state index contributed by atoms with van der Waals surface area (Å²) < 4.78 is 0. The van der Waals surface area contributed by atoms with Gasteiger partial charge in [0.1, 0.15) is 17.3 Å². The van der Waals surface area contributed by atoms with Crippen LogP contribution in [0.2, 0.25) is 5.15 Å². The summed E-state index contributed by atoms with van der Waals surface area (Å²) in [5, 5.41) is 6.29. The lowest BCUT2D eigenvalue weighted by Gasteiger charge is -2.14. The van der Waals surface area contributed by atoms with E-state index in [4.69, 9.17) is 11.6 Å². The Morgan fingerprint density at radius 3 is 3.12 bits per heavy atom. The molecule has 1 aromatic rings. The zero-order valence-electron chi connectivity index (χ0n) is 9.45. The van der Waals surface area contributed by atoms with Crippen molar-refractivity contribution in [1.29, 1.82) is 0 Å². The Labute approximate surface area is 105 Å². The van der Waals surface area contributed by atoms with Crippen LogP contribution in [-0.2, 0) is 4.79 Å². The van der Waals surface area contributed by atoms with E-state index in [2.05, 4.69) is 20.6 Å². The maximum Gasteiger partial charge on any atom is 0.242 e. The van der Waals surface area contributed by atoms with Crippen molar-refractivity contribution in [3.63, 3.8) is 0 Å². The van der Waals surface area contributed by atoms with Gasteiger partial charge in [-0.05, 0) is 19.4 Å². The number of hydrogen-bond acceptors (Lipinski definition) is 4. The summed E-state index contributed by atoms with van der Waals surface area (Å²) in [5.41, 5.74) is 0. The number of nitrogens with zero attached hydrogens (tertiary/aromatic N) is 2. The van der Waals surface area contributed by atoms with Crippen LogP contribution in [0.25, 0.3) is 0 Å². The standard InChI is InChI=1S/C11H15ClN4O/c12-9-6-10(15-7-14-9)16-11(17)8-4-2-1-3-5-13-8/h6-8,13H,1-5H2,(H,14,15,16,17). The van der Waals surface area contributed by atoms with Crippen LogP contribution in [0.4, 0.5) is 5.82 Å². The van der Waals surface area contributed by atoms with E-state index >= 15 is 0 Å². The van der Waals surface area contributed by atoms with E-state index in [9.17, 15) is 4.79 Å². The van der Waals surface area contributed by atoms with Crippen LogP contribution >= 0.6 is 11.6 Å². The van der Waals surface area contributed by atoms with Crippen molar-refractivity contribution in [3.05, 3.63) is 17.5 Å². The van der Waals surface area contributed by atoms with Crippen LogP contribution in [0, 0.1) is 0 Å². The van der Waals surface area contributed by atoms with Crippen LogP contribution < -0.4 is 10.6 Å². The second-order valence-electron chi connectivity index (χ2n) is 4.07. The van der Waals surface area contributed by atoms with Gasteiger partial charge in [-0.2, -0.15) is 0 Å². The maximum atomic E-state index is 12.0. The van der Waals surface area contributed by atoms with Crippen molar-refractivity contribution in [1.82, 2.24) is 15.3 Å². The Bertz CT molecular complexity index is 391. The molecule has 2 heterocycles. The molecule has 1 saturated heterocycles. The molecule has 1 fully saturated rings. The maximum absolute atomic E-state index is 12.0. The predicted molar refractivity (Wildman–Crippen MR) is 65.9 cm³/mol. The van der Waals surface area contributed by atoms with Gasteiger partial charge in [-0.15, -0.1) is 0 Å². The molecule has 6 heteroatoms. The molecule has 5 nitrogen and oxygen atoms in total. The molecule has 2 rings (SSSR count). The van der Waals surface area contributed by atoms with Gasteiger partial charge in [-0.25, -0.2) is 9.97 Å². The molecule has 92 valence electrons. The van der Waals surface area contributed by atoms with E-state index in [1.807, 2.05) is 0 Å². The Hall–Kier alpha value is -1.20. The number of rotatable bonds is 2. The first-order valence-corrected chi connectivity index (χ1v) is 6.15. The molecule has 0 radical (unpaired) electrons. The summed E-state index contributed by atoms with van der Waals surface area (Å²) in [6, 6.07) is 1.40. The number of carbonyl (C=O) groups is 1. The van der Waals surface area contributed by atoms with E-state index in [-0.39, 0.29) is 11.9 Å². The lowest BCUT2D eigenvalue weighted by Crippen LogP contribution is -2.40. The zero-order chi connectivity index (χ0) is 12.1. The predicted octanol–water partition coefficient (Wildman–Crippen LogP) is 1.60. The van der Waals surface area contributed by atoms with Gasteiger partial charge in [0.05, 0.1) is 6.04 Å². The van der Waals surface area contributed by atoms with Crippen molar-refractivity contribution in [2.75, 3.05) is 11.9 Å². The number of anilines is 1. The molecule has 1 unspecified atom stereocenters. The third kappa shape index (κ3) is 3.64. The van der Waals surface area contributed by atoms with Crippen LogP contribution in [0.3, 0.4) is 0 Å². The smallest absolute Gasteiger partial charge is 0.242 e. The first kappa shape index (κ1) is 12.3. The van der Waals surface area contributed by atoms with Crippen molar-refractivity contribution in [2.45, 2.75) is 31.7 Å². The first-order valence-electron chi connectivity index (χ1n) is 5.77. The van der Waals surface area contributed by atoms with Crippen LogP contribution in [0.1, 0.15) is 25.7 Å². The summed E-state index contributed by atoms with van der Waals surface area (Å²) in [5.74, 6) is 0.391. The first-order chi connectivity index (χ1) is 8.25. The fourth-order valence-electron chi connectivity index (χ4n) is 1.87. The van der Waals surface area contributed by atoms with Gasteiger partial charge in [-0.1, -0.05) is 24.4 Å². The molecule has 1 aliphatic rings. The van der Waals surface area contributed by atoms with Gasteiger partial charge in [0.25, 0.3) is 0 Å². The van der Waals surface area contributed by atoms with Gasteiger partial charge in [0.2, 0.25) is 5.91 Å². The monoisotopic (exact) mass is 254 g/mol. The quantitative estimate of drug-likeness (QED) is 0.787. The Kier molecular flexibility index (Phi) is 4.28. The molecule has 0 aromatic carbocycles. The summed E-state index contributed by atoms with van der Waals surface area (Å²) >= 11 is 5.72. The third-order valence-electron chi connectivity index (χ3n) is 2.76. The highest BCUT2D eigenvalue weighted by atomic mass is 35.5. The molecule has 0 saturated carbocycles. The molecule has 1 amide bonds. The van der Waals surface area contributed by atoms with E-state index in [0.717, 1.165) is 25.8 Å². The largest absolute Gasteiger partial charge is 0.309 e. The van der Waals surface area contributed by atoms with Crippen molar-refractivity contribution >= 4 is 23.3 Å². The highest BCUT2D eigenvalue weighted by Gasteiger charge is 2.19. The van der Waals surface area contributed by atoms with E-state index in [1.165, 1.54) is 18.8 Å². The van der Waals surface area contributed by atoms with Gasteiger partial charge in [0, 0.05) is 6.07 Å². The minimum atomic E-state index is -0.133. The number of halogens is 1. The highest BCUT2D eigenvalue weighted by molar-refractivity contribution is 6.29. The highest BCUT2D eigenvalue weighted by Crippen LogP contribution is 2.12. The summed E-state index contributed by atoms with van der Waals surface area (Å²) in [6.07, 6.45) is 5.58. The molecule has 0 bridgehead atoms. The van der Waals surface area contributed by atoms with Gasteiger partial charge in [0.15, 0.2) is 0 Å². The topological polar surface area (TPSA) is 66.9 Å². The molecule has 2 N–H and O–H groups in total. The number of amides is 1. The van der Waals surface area contributed by atoms with Gasteiger partial charge in [-0.3, -0.25) is 4.79 Å². The lowest BCUT2D eigenvalue weighted by atomic mass is 10.1. The van der Waals surface area contributed by atoms with Gasteiger partial charge >= 0.3 is 0 Å². The summed E-state index contributed by atoms with van der Waals surface area (Å²) in [7, 11) is 0.